The van der Waals surface area contributed by atoms with E-state index in [1.165, 1.54) is 16.8 Å². The first-order valence-corrected chi connectivity index (χ1v) is 8.92. The monoisotopic (exact) mass is 366 g/mol. The number of carbonyl (C=O) groups is 1. The first kappa shape index (κ1) is 17.6. The topological polar surface area (TPSA) is 34.9 Å². The largest absolute Gasteiger partial charge is 0.299 e. The van der Waals surface area contributed by atoms with Gasteiger partial charge in [-0.2, -0.15) is 5.10 Å². The molecule has 138 valence electrons. The van der Waals surface area contributed by atoms with Crippen molar-refractivity contribution in [2.75, 3.05) is 0 Å². The molecule has 1 aromatic heterocycles. The Hall–Kier alpha value is -2.82. The lowest BCUT2D eigenvalue weighted by molar-refractivity contribution is -0.122. The predicted octanol–water partition coefficient (Wildman–Crippen LogP) is 4.39. The van der Waals surface area contributed by atoms with Gasteiger partial charge in [0.15, 0.2) is 5.82 Å². The van der Waals surface area contributed by atoms with Gasteiger partial charge in [-0.3, -0.25) is 4.79 Å². The summed E-state index contributed by atoms with van der Waals surface area (Å²) < 4.78 is 29.1. The molecule has 0 saturated heterocycles. The molecule has 0 spiro atoms. The molecule has 0 saturated carbocycles. The van der Waals surface area contributed by atoms with E-state index >= 15 is 0 Å². The van der Waals surface area contributed by atoms with Crippen molar-refractivity contribution >= 4 is 5.78 Å². The van der Waals surface area contributed by atoms with Gasteiger partial charge in [0.2, 0.25) is 0 Å². The summed E-state index contributed by atoms with van der Waals surface area (Å²) >= 11 is 0. The second-order valence-electron chi connectivity index (χ2n) is 7.36. The number of hydrogen-bond acceptors (Lipinski definition) is 2. The average molecular weight is 366 g/mol. The van der Waals surface area contributed by atoms with Gasteiger partial charge in [-0.05, 0) is 61.6 Å². The van der Waals surface area contributed by atoms with E-state index in [9.17, 15) is 13.6 Å². The number of carbonyl (C=O) groups excluding carboxylic acids is 1. The van der Waals surface area contributed by atoms with E-state index in [2.05, 4.69) is 5.10 Å². The molecule has 5 heteroatoms. The Bertz CT molecular complexity index is 1070. The van der Waals surface area contributed by atoms with Gasteiger partial charge in [0.1, 0.15) is 17.3 Å². The predicted molar refractivity (Wildman–Crippen MR) is 99.2 cm³/mol. The summed E-state index contributed by atoms with van der Waals surface area (Å²) in [6.45, 7) is 5.68. The lowest BCUT2D eigenvalue weighted by Gasteiger charge is -2.29. The van der Waals surface area contributed by atoms with Crippen LogP contribution in [0.3, 0.4) is 0 Å². The number of fused-ring (bicyclic) bond motifs is 1. The highest BCUT2D eigenvalue weighted by Crippen LogP contribution is 2.43. The van der Waals surface area contributed by atoms with Crippen LogP contribution in [0.25, 0.3) is 5.69 Å². The molecule has 1 atom stereocenters. The van der Waals surface area contributed by atoms with E-state index in [1.807, 2.05) is 32.0 Å². The van der Waals surface area contributed by atoms with Crippen LogP contribution in [0.15, 0.2) is 42.6 Å². The standard InChI is InChI=1S/C22H20F2N2O/c1-13-5-4-6-18(14(13)2)22(15(3)27)10-16-12-25-26(21(16)11-22)20-8-7-17(23)9-19(20)24/h4-9,12H,10-11H2,1-3H3/t22-/m1/s1. The van der Waals surface area contributed by atoms with Gasteiger partial charge in [0.25, 0.3) is 0 Å². The number of halogens is 2. The van der Waals surface area contributed by atoms with Crippen LogP contribution in [-0.4, -0.2) is 15.6 Å². The molecule has 1 heterocycles. The molecule has 3 nitrogen and oxygen atoms in total. The first-order valence-electron chi connectivity index (χ1n) is 8.92. The van der Waals surface area contributed by atoms with Crippen LogP contribution in [-0.2, 0) is 23.1 Å². The molecule has 0 amide bonds. The SMILES string of the molecule is CC(=O)[C@@]1(c2cccc(C)c2C)Cc2cnn(-c3ccc(F)cc3F)c2C1. The van der Waals surface area contributed by atoms with Gasteiger partial charge in [0.05, 0.1) is 11.6 Å². The Morgan fingerprint density at radius 3 is 2.63 bits per heavy atom. The lowest BCUT2D eigenvalue weighted by Crippen LogP contribution is -2.36. The molecule has 4 rings (SSSR count). The van der Waals surface area contributed by atoms with E-state index in [4.69, 9.17) is 0 Å². The molecule has 27 heavy (non-hydrogen) atoms. The van der Waals surface area contributed by atoms with Crippen LogP contribution in [0.4, 0.5) is 8.78 Å². The fourth-order valence-electron chi connectivity index (χ4n) is 4.18. The Kier molecular flexibility index (Phi) is 3.98. The normalized spacial score (nSPS) is 18.6. The van der Waals surface area contributed by atoms with Crippen LogP contribution in [0.2, 0.25) is 0 Å². The van der Waals surface area contributed by atoms with E-state index in [0.29, 0.717) is 12.8 Å². The number of aromatic nitrogens is 2. The summed E-state index contributed by atoms with van der Waals surface area (Å²) in [6, 6.07) is 9.45. The van der Waals surface area contributed by atoms with Crippen molar-refractivity contribution in [3.63, 3.8) is 0 Å². The maximum atomic E-state index is 14.3. The van der Waals surface area contributed by atoms with E-state index in [1.54, 1.807) is 13.1 Å². The van der Waals surface area contributed by atoms with Gasteiger partial charge >= 0.3 is 0 Å². The number of Topliss-reactive ketones (excluding diaryl/α,β-unsaturated/α-hetero) is 1. The molecule has 1 aliphatic rings. The minimum absolute atomic E-state index is 0.0820. The summed E-state index contributed by atoms with van der Waals surface area (Å²) in [6.07, 6.45) is 2.66. The minimum Gasteiger partial charge on any atom is -0.299 e. The van der Waals surface area contributed by atoms with Crippen LogP contribution < -0.4 is 0 Å². The molecule has 0 unspecified atom stereocenters. The number of benzene rings is 2. The molecule has 2 aromatic carbocycles. The van der Waals surface area contributed by atoms with Crippen LogP contribution in [0.5, 0.6) is 0 Å². The van der Waals surface area contributed by atoms with Crippen LogP contribution >= 0.6 is 0 Å². The van der Waals surface area contributed by atoms with E-state index in [-0.39, 0.29) is 11.5 Å². The van der Waals surface area contributed by atoms with Gasteiger partial charge in [0, 0.05) is 18.2 Å². The first-order chi connectivity index (χ1) is 12.8. The highest BCUT2D eigenvalue weighted by atomic mass is 19.1. The van der Waals surface area contributed by atoms with Crippen molar-refractivity contribution in [1.29, 1.82) is 0 Å². The average Bonchev–Trinajstić information content (AvgIpc) is 3.16. The third-order valence-corrected chi connectivity index (χ3v) is 5.85. The molecule has 0 N–H and O–H groups in total. The lowest BCUT2D eigenvalue weighted by atomic mass is 9.72. The maximum Gasteiger partial charge on any atom is 0.151 e. The zero-order chi connectivity index (χ0) is 19.3. The second kappa shape index (κ2) is 6.12. The number of aryl methyl sites for hydroxylation is 1. The van der Waals surface area contributed by atoms with Gasteiger partial charge in [-0.1, -0.05) is 18.2 Å². The Balaban J connectivity index is 1.84. The highest BCUT2D eigenvalue weighted by Gasteiger charge is 2.46. The molecular formula is C22H20F2N2O. The number of nitrogens with zero attached hydrogens (tertiary/aromatic N) is 2. The number of ketones is 1. The maximum absolute atomic E-state index is 14.3. The van der Waals surface area contributed by atoms with Crippen molar-refractivity contribution < 1.29 is 13.6 Å². The molecule has 1 aliphatic carbocycles. The molecular weight excluding hydrogens is 346 g/mol. The highest BCUT2D eigenvalue weighted by molar-refractivity contribution is 5.90. The Morgan fingerprint density at radius 1 is 1.15 bits per heavy atom. The number of hydrogen-bond donors (Lipinski definition) is 0. The zero-order valence-corrected chi connectivity index (χ0v) is 15.5. The Morgan fingerprint density at radius 2 is 1.93 bits per heavy atom. The van der Waals surface area contributed by atoms with Gasteiger partial charge in [-0.25, -0.2) is 13.5 Å². The summed E-state index contributed by atoms with van der Waals surface area (Å²) in [7, 11) is 0. The Labute approximate surface area is 156 Å². The fraction of sp³-hybridized carbons (Fsp3) is 0.273. The van der Waals surface area contributed by atoms with Crippen LogP contribution in [0.1, 0.15) is 34.9 Å². The van der Waals surface area contributed by atoms with E-state index in [0.717, 1.165) is 34.0 Å². The van der Waals surface area contributed by atoms with Gasteiger partial charge < -0.3 is 0 Å². The van der Waals surface area contributed by atoms with Gasteiger partial charge in [-0.15, -0.1) is 0 Å². The van der Waals surface area contributed by atoms with Crippen molar-refractivity contribution in [3.8, 4) is 5.69 Å². The van der Waals surface area contributed by atoms with Crippen LogP contribution in [0, 0.1) is 25.5 Å². The third-order valence-electron chi connectivity index (χ3n) is 5.85. The molecule has 0 fully saturated rings. The fourth-order valence-corrected chi connectivity index (χ4v) is 4.18. The molecule has 0 aliphatic heterocycles. The minimum atomic E-state index is -0.679. The summed E-state index contributed by atoms with van der Waals surface area (Å²) in [5.74, 6) is -1.22. The number of rotatable bonds is 3. The smallest absolute Gasteiger partial charge is 0.151 e. The molecule has 0 bridgehead atoms. The third kappa shape index (κ3) is 2.60. The van der Waals surface area contributed by atoms with Crippen molar-refractivity contribution in [1.82, 2.24) is 9.78 Å². The summed E-state index contributed by atoms with van der Waals surface area (Å²) in [5.41, 5.74) is 4.49. The van der Waals surface area contributed by atoms with Crippen molar-refractivity contribution in [2.24, 2.45) is 0 Å². The molecule has 3 aromatic rings. The van der Waals surface area contributed by atoms with E-state index < -0.39 is 17.0 Å². The van der Waals surface area contributed by atoms with Crippen molar-refractivity contribution in [3.05, 3.63) is 82.2 Å². The second-order valence-corrected chi connectivity index (χ2v) is 7.36. The summed E-state index contributed by atoms with van der Waals surface area (Å²) in [4.78, 5) is 12.8. The summed E-state index contributed by atoms with van der Waals surface area (Å²) in [5, 5.41) is 4.30. The molecule has 0 radical (unpaired) electrons. The van der Waals surface area contributed by atoms with Crippen molar-refractivity contribution in [2.45, 2.75) is 39.0 Å². The quantitative estimate of drug-likeness (QED) is 0.689. The zero-order valence-electron chi connectivity index (χ0n) is 15.5.